The highest BCUT2D eigenvalue weighted by molar-refractivity contribution is 9.10. The van der Waals surface area contributed by atoms with Crippen LogP contribution in [0.25, 0.3) is 0 Å². The van der Waals surface area contributed by atoms with Gasteiger partial charge in [-0.3, -0.25) is 4.79 Å². The predicted octanol–water partition coefficient (Wildman–Crippen LogP) is 4.13. The molecule has 0 aliphatic rings. The van der Waals surface area contributed by atoms with Crippen molar-refractivity contribution in [2.75, 3.05) is 11.9 Å². The first-order valence-corrected chi connectivity index (χ1v) is 7.50. The zero-order chi connectivity index (χ0) is 15.2. The third-order valence-electron chi connectivity index (χ3n) is 2.65. The number of amides is 1. The summed E-state index contributed by atoms with van der Waals surface area (Å²) in [7, 11) is 0. The van der Waals surface area contributed by atoms with E-state index in [2.05, 4.69) is 40.1 Å². The number of anilines is 1. The fourth-order valence-corrected chi connectivity index (χ4v) is 2.10. The van der Waals surface area contributed by atoms with E-state index >= 15 is 0 Å². The topological polar surface area (TPSA) is 51.2 Å². The quantitative estimate of drug-likeness (QED) is 0.883. The van der Waals surface area contributed by atoms with Gasteiger partial charge in [0.2, 0.25) is 0 Å². The van der Waals surface area contributed by atoms with Gasteiger partial charge in [0, 0.05) is 22.4 Å². The summed E-state index contributed by atoms with van der Waals surface area (Å²) in [6.07, 6.45) is 1.59. The summed E-state index contributed by atoms with van der Waals surface area (Å²) in [6, 6.07) is 10.9. The number of halogens is 1. The Labute approximate surface area is 132 Å². The van der Waals surface area contributed by atoms with Crippen molar-refractivity contribution in [1.82, 2.24) is 4.98 Å². The van der Waals surface area contributed by atoms with Gasteiger partial charge in [-0.2, -0.15) is 0 Å². The Morgan fingerprint density at radius 2 is 2.14 bits per heavy atom. The number of nitrogens with zero attached hydrogens (tertiary/aromatic N) is 1. The molecule has 0 fully saturated rings. The zero-order valence-electron chi connectivity index (χ0n) is 12.0. The number of aromatic nitrogens is 1. The van der Waals surface area contributed by atoms with E-state index in [0.29, 0.717) is 28.4 Å². The minimum atomic E-state index is -0.261. The Hall–Kier alpha value is -1.88. The number of hydrogen-bond donors (Lipinski definition) is 1. The van der Waals surface area contributed by atoms with Crippen LogP contribution in [0.1, 0.15) is 24.3 Å². The predicted molar refractivity (Wildman–Crippen MR) is 86.7 cm³/mol. The molecule has 1 amide bonds. The number of hydrogen-bond acceptors (Lipinski definition) is 3. The highest BCUT2D eigenvalue weighted by Crippen LogP contribution is 2.20. The van der Waals surface area contributed by atoms with Crippen LogP contribution in [0, 0.1) is 5.92 Å². The number of carbonyl (C=O) groups excluding carboxylic acids is 1. The summed E-state index contributed by atoms with van der Waals surface area (Å²) in [6.45, 7) is 4.82. The first-order chi connectivity index (χ1) is 10.1. The molecule has 1 N–H and O–H groups in total. The van der Waals surface area contributed by atoms with Crippen LogP contribution in [0.2, 0.25) is 0 Å². The minimum Gasteiger partial charge on any atom is -0.493 e. The maximum absolute atomic E-state index is 12.2. The summed E-state index contributed by atoms with van der Waals surface area (Å²) < 4.78 is 6.30. The van der Waals surface area contributed by atoms with Gasteiger partial charge in [-0.15, -0.1) is 0 Å². The van der Waals surface area contributed by atoms with Crippen molar-refractivity contribution in [3.63, 3.8) is 0 Å². The Bertz CT molecular complexity index is 629. The average Bonchev–Trinajstić information content (AvgIpc) is 2.46. The van der Waals surface area contributed by atoms with E-state index in [1.54, 1.807) is 24.4 Å². The van der Waals surface area contributed by atoms with E-state index in [1.807, 2.05) is 18.2 Å². The number of carbonyl (C=O) groups is 1. The second-order valence-electron chi connectivity index (χ2n) is 5.02. The van der Waals surface area contributed by atoms with Crippen LogP contribution in [-0.4, -0.2) is 17.5 Å². The van der Waals surface area contributed by atoms with Crippen LogP contribution >= 0.6 is 15.9 Å². The van der Waals surface area contributed by atoms with Crippen molar-refractivity contribution in [2.45, 2.75) is 13.8 Å². The van der Waals surface area contributed by atoms with Crippen molar-refractivity contribution in [1.29, 1.82) is 0 Å². The normalized spacial score (nSPS) is 10.5. The highest BCUT2D eigenvalue weighted by atomic mass is 79.9. The van der Waals surface area contributed by atoms with Crippen LogP contribution in [0.15, 0.2) is 47.1 Å². The molecule has 0 saturated carbocycles. The fraction of sp³-hybridized carbons (Fsp3) is 0.250. The third kappa shape index (κ3) is 4.56. The van der Waals surface area contributed by atoms with Crippen molar-refractivity contribution >= 4 is 27.5 Å². The Kier molecular flexibility index (Phi) is 5.33. The molecule has 0 spiro atoms. The lowest BCUT2D eigenvalue weighted by atomic mass is 10.2. The summed E-state index contributed by atoms with van der Waals surface area (Å²) in [5.74, 6) is 0.929. The lowest BCUT2D eigenvalue weighted by Gasteiger charge is -2.11. The maximum atomic E-state index is 12.2. The summed E-state index contributed by atoms with van der Waals surface area (Å²) in [5, 5.41) is 2.82. The van der Waals surface area contributed by atoms with E-state index in [9.17, 15) is 4.79 Å². The lowest BCUT2D eigenvalue weighted by molar-refractivity contribution is 0.102. The van der Waals surface area contributed by atoms with Gasteiger partial charge >= 0.3 is 0 Å². The second-order valence-corrected chi connectivity index (χ2v) is 5.87. The number of ether oxygens (including phenoxy) is 1. The SMILES string of the molecule is CC(C)COc1cccc(NC(=O)c2ncccc2Br)c1. The molecule has 0 saturated heterocycles. The van der Waals surface area contributed by atoms with Gasteiger partial charge in [0.1, 0.15) is 11.4 Å². The summed E-state index contributed by atoms with van der Waals surface area (Å²) in [5.41, 5.74) is 1.03. The van der Waals surface area contributed by atoms with Crippen molar-refractivity contribution in [2.24, 2.45) is 5.92 Å². The molecule has 21 heavy (non-hydrogen) atoms. The third-order valence-corrected chi connectivity index (χ3v) is 3.29. The minimum absolute atomic E-state index is 0.261. The molecule has 2 rings (SSSR count). The van der Waals surface area contributed by atoms with Gasteiger partial charge < -0.3 is 10.1 Å². The zero-order valence-corrected chi connectivity index (χ0v) is 13.6. The monoisotopic (exact) mass is 348 g/mol. The molecule has 2 aromatic rings. The second kappa shape index (κ2) is 7.22. The molecule has 0 unspecified atom stereocenters. The number of benzene rings is 1. The molecule has 0 radical (unpaired) electrons. The van der Waals surface area contributed by atoms with E-state index in [1.165, 1.54) is 0 Å². The van der Waals surface area contributed by atoms with Gasteiger partial charge in [0.25, 0.3) is 5.91 Å². The number of pyridine rings is 1. The van der Waals surface area contributed by atoms with Crippen LogP contribution in [0.3, 0.4) is 0 Å². The van der Waals surface area contributed by atoms with Gasteiger partial charge in [0.15, 0.2) is 0 Å². The first kappa shape index (κ1) is 15.5. The van der Waals surface area contributed by atoms with Crippen LogP contribution in [-0.2, 0) is 0 Å². The molecule has 1 heterocycles. The lowest BCUT2D eigenvalue weighted by Crippen LogP contribution is -2.14. The molecule has 1 aromatic heterocycles. The highest BCUT2D eigenvalue weighted by Gasteiger charge is 2.11. The largest absolute Gasteiger partial charge is 0.493 e. The average molecular weight is 349 g/mol. The van der Waals surface area contributed by atoms with Gasteiger partial charge in [-0.25, -0.2) is 4.98 Å². The molecule has 0 atom stereocenters. The molecule has 1 aromatic carbocycles. The molecular formula is C16H17BrN2O2. The molecular weight excluding hydrogens is 332 g/mol. The number of rotatable bonds is 5. The van der Waals surface area contributed by atoms with E-state index in [0.717, 1.165) is 5.75 Å². The Morgan fingerprint density at radius 3 is 2.86 bits per heavy atom. The Morgan fingerprint density at radius 1 is 1.33 bits per heavy atom. The standard InChI is InChI=1S/C16H17BrN2O2/c1-11(2)10-21-13-6-3-5-12(9-13)19-16(20)15-14(17)7-4-8-18-15/h3-9,11H,10H2,1-2H3,(H,19,20). The smallest absolute Gasteiger partial charge is 0.275 e. The van der Waals surface area contributed by atoms with Crippen LogP contribution < -0.4 is 10.1 Å². The van der Waals surface area contributed by atoms with Crippen molar-refractivity contribution < 1.29 is 9.53 Å². The molecule has 0 aliphatic heterocycles. The number of nitrogens with one attached hydrogen (secondary N) is 1. The van der Waals surface area contributed by atoms with Gasteiger partial charge in [-0.1, -0.05) is 19.9 Å². The molecule has 110 valence electrons. The molecule has 4 nitrogen and oxygen atoms in total. The summed E-state index contributed by atoms with van der Waals surface area (Å²) in [4.78, 5) is 16.2. The molecule has 0 aliphatic carbocycles. The van der Waals surface area contributed by atoms with Gasteiger partial charge in [-0.05, 0) is 46.1 Å². The van der Waals surface area contributed by atoms with Crippen molar-refractivity contribution in [3.05, 3.63) is 52.8 Å². The van der Waals surface area contributed by atoms with Crippen LogP contribution in [0.5, 0.6) is 5.75 Å². The van der Waals surface area contributed by atoms with E-state index in [4.69, 9.17) is 4.74 Å². The summed E-state index contributed by atoms with van der Waals surface area (Å²) >= 11 is 3.32. The fourth-order valence-electron chi connectivity index (χ4n) is 1.67. The van der Waals surface area contributed by atoms with E-state index in [-0.39, 0.29) is 5.91 Å². The Balaban J connectivity index is 2.07. The first-order valence-electron chi connectivity index (χ1n) is 6.71. The van der Waals surface area contributed by atoms with Crippen LogP contribution in [0.4, 0.5) is 5.69 Å². The molecule has 5 heteroatoms. The maximum Gasteiger partial charge on any atom is 0.275 e. The van der Waals surface area contributed by atoms with Gasteiger partial charge in [0.05, 0.1) is 6.61 Å². The van der Waals surface area contributed by atoms with Crippen molar-refractivity contribution in [3.8, 4) is 5.75 Å². The molecule has 0 bridgehead atoms. The van der Waals surface area contributed by atoms with E-state index < -0.39 is 0 Å².